The fraction of sp³-hybridized carbons (Fsp3) is 0.261. The Labute approximate surface area is 179 Å². The lowest BCUT2D eigenvalue weighted by Gasteiger charge is -2.30. The fourth-order valence-electron chi connectivity index (χ4n) is 3.66. The number of nitrogens with zero attached hydrogens (tertiary/aromatic N) is 3. The van der Waals surface area contributed by atoms with E-state index in [-0.39, 0.29) is 24.9 Å². The summed E-state index contributed by atoms with van der Waals surface area (Å²) in [6.07, 6.45) is 0.758. The Morgan fingerprint density at radius 2 is 1.60 bits per heavy atom. The number of hydrogen-bond acceptors (Lipinski definition) is 5. The summed E-state index contributed by atoms with van der Waals surface area (Å²) >= 11 is 1.63. The number of esters is 1. The standard InChI is InChI=1S/C23H23N3O3S/c1-15-17(16(2)25(3)24-15)12-13-23(28)29-14-22(27)26-18-8-4-6-10-20(18)30-21-11-7-5-9-19(21)26/h4-11H,12-14H2,1-3H3. The van der Waals surface area contributed by atoms with Crippen LogP contribution < -0.4 is 4.90 Å². The van der Waals surface area contributed by atoms with E-state index in [2.05, 4.69) is 5.10 Å². The first-order valence-corrected chi connectivity index (χ1v) is 10.6. The first-order chi connectivity index (χ1) is 14.5. The minimum absolute atomic E-state index is 0.212. The predicted molar refractivity (Wildman–Crippen MR) is 116 cm³/mol. The van der Waals surface area contributed by atoms with Crippen LogP contribution in [0, 0.1) is 13.8 Å². The van der Waals surface area contributed by atoms with Crippen molar-refractivity contribution in [2.75, 3.05) is 11.5 Å². The van der Waals surface area contributed by atoms with Crippen LogP contribution >= 0.6 is 11.8 Å². The number of carbonyl (C=O) groups excluding carboxylic acids is 2. The van der Waals surface area contributed by atoms with E-state index < -0.39 is 0 Å². The lowest BCUT2D eigenvalue weighted by Crippen LogP contribution is -2.32. The molecule has 0 atom stereocenters. The van der Waals surface area contributed by atoms with Gasteiger partial charge in [0.2, 0.25) is 0 Å². The van der Waals surface area contributed by atoms with Gasteiger partial charge in [0, 0.05) is 29.0 Å². The maximum absolute atomic E-state index is 13.0. The van der Waals surface area contributed by atoms with Crippen LogP contribution in [0.2, 0.25) is 0 Å². The summed E-state index contributed by atoms with van der Waals surface area (Å²) in [5.41, 5.74) is 4.62. The van der Waals surface area contributed by atoms with Crippen molar-refractivity contribution >= 4 is 35.0 Å². The summed E-state index contributed by atoms with van der Waals surface area (Å²) in [5, 5.41) is 4.37. The molecule has 0 fully saturated rings. The van der Waals surface area contributed by atoms with Crippen molar-refractivity contribution in [3.63, 3.8) is 0 Å². The summed E-state index contributed by atoms with van der Waals surface area (Å²) in [6.45, 7) is 3.62. The van der Waals surface area contributed by atoms with Crippen LogP contribution in [0.3, 0.4) is 0 Å². The third-order valence-electron chi connectivity index (χ3n) is 5.28. The number of aromatic nitrogens is 2. The Kier molecular flexibility index (Phi) is 5.63. The Hall–Kier alpha value is -3.06. The van der Waals surface area contributed by atoms with E-state index in [1.165, 1.54) is 0 Å². The van der Waals surface area contributed by atoms with Crippen molar-refractivity contribution in [3.05, 3.63) is 65.5 Å². The molecule has 30 heavy (non-hydrogen) atoms. The molecule has 154 valence electrons. The molecule has 1 aliphatic rings. The Morgan fingerprint density at radius 3 is 2.17 bits per heavy atom. The molecule has 0 spiro atoms. The van der Waals surface area contributed by atoms with Crippen molar-refractivity contribution in [2.24, 2.45) is 7.05 Å². The molecule has 0 bridgehead atoms. The molecule has 2 aromatic carbocycles. The van der Waals surface area contributed by atoms with Crippen molar-refractivity contribution in [2.45, 2.75) is 36.5 Å². The van der Waals surface area contributed by atoms with Crippen LogP contribution in [0.4, 0.5) is 11.4 Å². The molecule has 1 aromatic heterocycles. The number of ether oxygens (including phenoxy) is 1. The zero-order valence-corrected chi connectivity index (χ0v) is 18.0. The van der Waals surface area contributed by atoms with Crippen molar-refractivity contribution in [1.29, 1.82) is 0 Å². The molecule has 6 nitrogen and oxygen atoms in total. The van der Waals surface area contributed by atoms with Crippen LogP contribution in [-0.2, 0) is 27.8 Å². The smallest absolute Gasteiger partial charge is 0.306 e. The van der Waals surface area contributed by atoms with Crippen molar-refractivity contribution in [1.82, 2.24) is 9.78 Å². The molecule has 1 aliphatic heterocycles. The van der Waals surface area contributed by atoms with Crippen LogP contribution in [0.5, 0.6) is 0 Å². The van der Waals surface area contributed by atoms with Crippen molar-refractivity contribution in [3.8, 4) is 0 Å². The second-order valence-electron chi connectivity index (χ2n) is 7.20. The van der Waals surface area contributed by atoms with Gasteiger partial charge in [-0.2, -0.15) is 5.10 Å². The van der Waals surface area contributed by atoms with Gasteiger partial charge in [0.25, 0.3) is 5.91 Å². The summed E-state index contributed by atoms with van der Waals surface area (Å²) in [7, 11) is 1.88. The highest BCUT2D eigenvalue weighted by Crippen LogP contribution is 2.47. The summed E-state index contributed by atoms with van der Waals surface area (Å²) in [6, 6.07) is 15.5. The van der Waals surface area contributed by atoms with Gasteiger partial charge in [0.1, 0.15) is 0 Å². The van der Waals surface area contributed by atoms with Crippen LogP contribution in [-0.4, -0.2) is 28.3 Å². The molecule has 0 saturated heterocycles. The molecule has 0 aliphatic carbocycles. The van der Waals surface area contributed by atoms with E-state index in [4.69, 9.17) is 4.74 Å². The highest BCUT2D eigenvalue weighted by atomic mass is 32.2. The molecule has 0 N–H and O–H groups in total. The molecule has 0 unspecified atom stereocenters. The second-order valence-corrected chi connectivity index (χ2v) is 8.28. The second kappa shape index (κ2) is 8.36. The highest BCUT2D eigenvalue weighted by molar-refractivity contribution is 7.99. The average Bonchev–Trinajstić information content (AvgIpc) is 2.99. The lowest BCUT2D eigenvalue weighted by molar-refractivity contribution is -0.147. The average molecular weight is 422 g/mol. The van der Waals surface area contributed by atoms with E-state index in [1.54, 1.807) is 16.7 Å². The van der Waals surface area contributed by atoms with Gasteiger partial charge >= 0.3 is 5.97 Å². The van der Waals surface area contributed by atoms with E-state index >= 15 is 0 Å². The lowest BCUT2D eigenvalue weighted by atomic mass is 10.1. The SMILES string of the molecule is Cc1nn(C)c(C)c1CCC(=O)OCC(=O)N1c2ccccc2Sc2ccccc21. The molecular weight excluding hydrogens is 398 g/mol. The molecule has 0 saturated carbocycles. The van der Waals surface area contributed by atoms with Crippen molar-refractivity contribution < 1.29 is 14.3 Å². The zero-order valence-electron chi connectivity index (χ0n) is 17.2. The van der Waals surface area contributed by atoms with Gasteiger partial charge in [-0.3, -0.25) is 19.2 Å². The quantitative estimate of drug-likeness (QED) is 0.574. The molecule has 3 aromatic rings. The van der Waals surface area contributed by atoms with Gasteiger partial charge in [0.05, 0.1) is 17.1 Å². The third kappa shape index (κ3) is 3.85. The van der Waals surface area contributed by atoms with E-state index in [9.17, 15) is 9.59 Å². The monoisotopic (exact) mass is 421 g/mol. The maximum atomic E-state index is 13.0. The molecule has 2 heterocycles. The fourth-order valence-corrected chi connectivity index (χ4v) is 4.72. The number of carbonyl (C=O) groups is 2. The number of amides is 1. The van der Waals surface area contributed by atoms with Gasteiger partial charge in [-0.15, -0.1) is 0 Å². The summed E-state index contributed by atoms with van der Waals surface area (Å²) in [4.78, 5) is 29.0. The number of hydrogen-bond donors (Lipinski definition) is 0. The molecule has 1 amide bonds. The van der Waals surface area contributed by atoms with Gasteiger partial charge < -0.3 is 4.74 Å². The molecule has 4 rings (SSSR count). The third-order valence-corrected chi connectivity index (χ3v) is 6.41. The van der Waals surface area contributed by atoms with E-state index in [0.717, 1.165) is 38.1 Å². The molecular formula is C23H23N3O3S. The van der Waals surface area contributed by atoms with Gasteiger partial charge in [0.15, 0.2) is 6.61 Å². The number of anilines is 2. The predicted octanol–water partition coefficient (Wildman–Crippen LogP) is 4.34. The number of para-hydroxylation sites is 2. The van der Waals surface area contributed by atoms with E-state index in [0.29, 0.717) is 6.42 Å². The van der Waals surface area contributed by atoms with Gasteiger partial charge in [-0.1, -0.05) is 36.0 Å². The minimum Gasteiger partial charge on any atom is -0.456 e. The highest BCUT2D eigenvalue weighted by Gasteiger charge is 2.28. The zero-order chi connectivity index (χ0) is 21.3. The number of rotatable bonds is 5. The number of fused-ring (bicyclic) bond motifs is 2. The van der Waals surface area contributed by atoms with Crippen LogP contribution in [0.1, 0.15) is 23.4 Å². The summed E-state index contributed by atoms with van der Waals surface area (Å²) in [5.74, 6) is -0.656. The molecule has 7 heteroatoms. The minimum atomic E-state index is -0.390. The largest absolute Gasteiger partial charge is 0.456 e. The normalized spacial score (nSPS) is 12.3. The number of aryl methyl sites for hydroxylation is 2. The van der Waals surface area contributed by atoms with E-state index in [1.807, 2.05) is 74.1 Å². The maximum Gasteiger partial charge on any atom is 0.306 e. The Morgan fingerprint density at radius 1 is 1.00 bits per heavy atom. The Balaban J connectivity index is 1.44. The Bertz CT molecular complexity index is 1080. The first-order valence-electron chi connectivity index (χ1n) is 9.79. The molecule has 0 radical (unpaired) electrons. The van der Waals surface area contributed by atoms with Gasteiger partial charge in [-0.25, -0.2) is 0 Å². The van der Waals surface area contributed by atoms with Gasteiger partial charge in [-0.05, 0) is 50.1 Å². The van der Waals surface area contributed by atoms with Crippen LogP contribution in [0.25, 0.3) is 0 Å². The number of benzene rings is 2. The van der Waals surface area contributed by atoms with Crippen LogP contribution in [0.15, 0.2) is 58.3 Å². The summed E-state index contributed by atoms with van der Waals surface area (Å²) < 4.78 is 7.14. The topological polar surface area (TPSA) is 64.4 Å². The first kappa shape index (κ1) is 20.2.